The molecule has 0 aliphatic heterocycles. The van der Waals surface area contributed by atoms with E-state index in [1.807, 2.05) is 6.92 Å². The van der Waals surface area contributed by atoms with Crippen LogP contribution in [0.15, 0.2) is 24.3 Å². The second-order valence-corrected chi connectivity index (χ2v) is 5.10. The van der Waals surface area contributed by atoms with Crippen molar-refractivity contribution in [3.8, 4) is 0 Å². The van der Waals surface area contributed by atoms with Crippen molar-refractivity contribution < 1.29 is 14.7 Å². The van der Waals surface area contributed by atoms with Crippen molar-refractivity contribution in [2.24, 2.45) is 0 Å². The summed E-state index contributed by atoms with van der Waals surface area (Å²) in [5.74, 6) is -1.51. The van der Waals surface area contributed by atoms with Gasteiger partial charge in [-0.25, -0.2) is 4.79 Å². The topological polar surface area (TPSA) is 66.4 Å². The molecule has 4 nitrogen and oxygen atoms in total. The Hall–Kier alpha value is -1.52. The van der Waals surface area contributed by atoms with Gasteiger partial charge in [-0.3, -0.25) is 4.79 Å². The highest BCUT2D eigenvalue weighted by Gasteiger charge is 2.17. The second kappa shape index (κ2) is 7.92. The van der Waals surface area contributed by atoms with Crippen molar-refractivity contribution in [2.45, 2.75) is 25.8 Å². The van der Waals surface area contributed by atoms with Crippen molar-refractivity contribution in [3.05, 3.63) is 39.9 Å². The zero-order valence-electron chi connectivity index (χ0n) is 10.9. The van der Waals surface area contributed by atoms with Crippen molar-refractivity contribution in [1.29, 1.82) is 0 Å². The van der Waals surface area contributed by atoms with E-state index in [4.69, 9.17) is 28.3 Å². The number of rotatable bonds is 6. The van der Waals surface area contributed by atoms with Crippen LogP contribution in [-0.4, -0.2) is 23.0 Å². The van der Waals surface area contributed by atoms with Gasteiger partial charge in [0.15, 0.2) is 0 Å². The lowest BCUT2D eigenvalue weighted by molar-refractivity contribution is -0.141. The summed E-state index contributed by atoms with van der Waals surface area (Å²) in [4.78, 5) is 22.6. The van der Waals surface area contributed by atoms with Crippen molar-refractivity contribution in [1.82, 2.24) is 5.32 Å². The predicted molar refractivity (Wildman–Crippen MR) is 80.0 cm³/mol. The number of aliphatic carboxylic acids is 1. The van der Waals surface area contributed by atoms with E-state index in [0.29, 0.717) is 28.5 Å². The van der Waals surface area contributed by atoms with Gasteiger partial charge >= 0.3 is 5.97 Å². The molecule has 0 bridgehead atoms. The lowest BCUT2D eigenvalue weighted by Gasteiger charge is -2.11. The largest absolute Gasteiger partial charge is 0.480 e. The number of carbonyl (C=O) groups is 2. The first-order valence-corrected chi connectivity index (χ1v) is 6.85. The van der Waals surface area contributed by atoms with Crippen LogP contribution in [-0.2, 0) is 9.59 Å². The SMILES string of the molecule is CCC[C@@H](NC(=O)/C=C/c1cc(Cl)cc(Cl)c1)C(=O)O. The predicted octanol–water partition coefficient (Wildman–Crippen LogP) is 3.38. The molecule has 1 amide bonds. The van der Waals surface area contributed by atoms with E-state index in [0.717, 1.165) is 0 Å². The van der Waals surface area contributed by atoms with E-state index in [1.165, 1.54) is 12.2 Å². The molecule has 0 saturated heterocycles. The molecule has 1 atom stereocenters. The minimum atomic E-state index is -1.04. The third-order valence-corrected chi connectivity index (χ3v) is 2.94. The quantitative estimate of drug-likeness (QED) is 0.791. The maximum absolute atomic E-state index is 11.6. The molecule has 108 valence electrons. The zero-order chi connectivity index (χ0) is 15.1. The van der Waals surface area contributed by atoms with Crippen LogP contribution in [0.4, 0.5) is 0 Å². The van der Waals surface area contributed by atoms with Crippen LogP contribution in [0.25, 0.3) is 6.08 Å². The summed E-state index contributed by atoms with van der Waals surface area (Å²) in [5.41, 5.74) is 0.667. The molecule has 0 saturated carbocycles. The Morgan fingerprint density at radius 3 is 2.40 bits per heavy atom. The molecule has 6 heteroatoms. The number of nitrogens with one attached hydrogen (secondary N) is 1. The van der Waals surface area contributed by atoms with E-state index in [2.05, 4.69) is 5.32 Å². The number of carboxylic acid groups (broad SMARTS) is 1. The minimum absolute atomic E-state index is 0.387. The summed E-state index contributed by atoms with van der Waals surface area (Å²) >= 11 is 11.7. The van der Waals surface area contributed by atoms with Crippen LogP contribution in [0.1, 0.15) is 25.3 Å². The lowest BCUT2D eigenvalue weighted by atomic mass is 10.1. The number of halogens is 2. The van der Waals surface area contributed by atoms with E-state index in [-0.39, 0.29) is 0 Å². The summed E-state index contributed by atoms with van der Waals surface area (Å²) < 4.78 is 0. The molecule has 20 heavy (non-hydrogen) atoms. The Morgan fingerprint density at radius 1 is 1.30 bits per heavy atom. The van der Waals surface area contributed by atoms with E-state index in [9.17, 15) is 9.59 Å². The number of carbonyl (C=O) groups excluding carboxylic acids is 1. The highest BCUT2D eigenvalue weighted by molar-refractivity contribution is 6.34. The minimum Gasteiger partial charge on any atom is -0.480 e. The molecule has 2 N–H and O–H groups in total. The highest BCUT2D eigenvalue weighted by atomic mass is 35.5. The first-order valence-electron chi connectivity index (χ1n) is 6.10. The van der Waals surface area contributed by atoms with Gasteiger partial charge < -0.3 is 10.4 Å². The molecule has 0 aliphatic rings. The van der Waals surface area contributed by atoms with Crippen LogP contribution >= 0.6 is 23.2 Å². The van der Waals surface area contributed by atoms with E-state index >= 15 is 0 Å². The molecular formula is C14H15Cl2NO3. The molecule has 0 fully saturated rings. The smallest absolute Gasteiger partial charge is 0.326 e. The Bertz CT molecular complexity index is 509. The molecule has 0 aliphatic carbocycles. The van der Waals surface area contributed by atoms with Gasteiger partial charge in [-0.1, -0.05) is 36.5 Å². The Morgan fingerprint density at radius 2 is 1.90 bits per heavy atom. The Labute approximate surface area is 127 Å². The molecule has 0 spiro atoms. The third-order valence-electron chi connectivity index (χ3n) is 2.50. The van der Waals surface area contributed by atoms with Gasteiger partial charge in [-0.2, -0.15) is 0 Å². The fourth-order valence-electron chi connectivity index (χ4n) is 1.61. The maximum Gasteiger partial charge on any atom is 0.326 e. The second-order valence-electron chi connectivity index (χ2n) is 4.22. The molecule has 1 aromatic carbocycles. The Balaban J connectivity index is 2.69. The van der Waals surface area contributed by atoms with Crippen LogP contribution in [0.5, 0.6) is 0 Å². The van der Waals surface area contributed by atoms with Gasteiger partial charge in [0.2, 0.25) is 5.91 Å². The van der Waals surface area contributed by atoms with Crippen LogP contribution in [0.2, 0.25) is 10.0 Å². The fourth-order valence-corrected chi connectivity index (χ4v) is 2.15. The molecular weight excluding hydrogens is 301 g/mol. The first kappa shape index (κ1) is 16.5. The van der Waals surface area contributed by atoms with Crippen LogP contribution in [0, 0.1) is 0 Å². The van der Waals surface area contributed by atoms with Gasteiger partial charge in [0.05, 0.1) is 0 Å². The normalized spacial score (nSPS) is 12.3. The van der Waals surface area contributed by atoms with Crippen molar-refractivity contribution in [2.75, 3.05) is 0 Å². The molecule has 1 rings (SSSR count). The van der Waals surface area contributed by atoms with Gasteiger partial charge in [-0.05, 0) is 36.3 Å². The van der Waals surface area contributed by atoms with Crippen LogP contribution in [0.3, 0.4) is 0 Å². The standard InChI is InChI=1S/C14H15Cl2NO3/c1-2-3-12(14(19)20)17-13(18)5-4-9-6-10(15)8-11(16)7-9/h4-8,12H,2-3H2,1H3,(H,17,18)(H,19,20)/b5-4+/t12-/m1/s1. The maximum atomic E-state index is 11.6. The molecule has 0 unspecified atom stereocenters. The average Bonchev–Trinajstić information content (AvgIpc) is 2.34. The number of amides is 1. The summed E-state index contributed by atoms with van der Waals surface area (Å²) in [7, 11) is 0. The van der Waals surface area contributed by atoms with E-state index in [1.54, 1.807) is 18.2 Å². The number of carboxylic acids is 1. The van der Waals surface area contributed by atoms with Crippen molar-refractivity contribution in [3.63, 3.8) is 0 Å². The molecule has 0 aromatic heterocycles. The number of hydrogen-bond donors (Lipinski definition) is 2. The van der Waals surface area contributed by atoms with E-state index < -0.39 is 17.9 Å². The van der Waals surface area contributed by atoms with Gasteiger partial charge in [0, 0.05) is 16.1 Å². The summed E-state index contributed by atoms with van der Waals surface area (Å²) in [6.45, 7) is 1.85. The zero-order valence-corrected chi connectivity index (χ0v) is 12.4. The number of hydrogen-bond acceptors (Lipinski definition) is 2. The highest BCUT2D eigenvalue weighted by Crippen LogP contribution is 2.19. The van der Waals surface area contributed by atoms with Gasteiger partial charge in [0.25, 0.3) is 0 Å². The Kier molecular flexibility index (Phi) is 6.55. The molecule has 1 aromatic rings. The van der Waals surface area contributed by atoms with Crippen molar-refractivity contribution >= 4 is 41.2 Å². The molecule has 0 heterocycles. The fraction of sp³-hybridized carbons (Fsp3) is 0.286. The van der Waals surface area contributed by atoms with Crippen LogP contribution < -0.4 is 5.32 Å². The summed E-state index contributed by atoms with van der Waals surface area (Å²) in [6, 6.07) is 4.01. The monoisotopic (exact) mass is 315 g/mol. The third kappa shape index (κ3) is 5.63. The number of benzene rings is 1. The molecule has 0 radical (unpaired) electrons. The van der Waals surface area contributed by atoms with Gasteiger partial charge in [0.1, 0.15) is 6.04 Å². The summed E-state index contributed by atoms with van der Waals surface area (Å²) in [5, 5.41) is 12.3. The first-order chi connectivity index (χ1) is 9.42. The average molecular weight is 316 g/mol. The van der Waals surface area contributed by atoms with Gasteiger partial charge in [-0.15, -0.1) is 0 Å². The summed E-state index contributed by atoms with van der Waals surface area (Å²) in [6.07, 6.45) is 3.84. The lowest BCUT2D eigenvalue weighted by Crippen LogP contribution is -2.39.